The van der Waals surface area contributed by atoms with E-state index in [0.717, 1.165) is 12.1 Å². The third-order valence-corrected chi connectivity index (χ3v) is 2.12. The van der Waals surface area contributed by atoms with Crippen molar-refractivity contribution >= 4 is 10.0 Å². The number of phenols is 1. The molecule has 0 aliphatic carbocycles. The number of sulfonamides is 1. The molecule has 0 bridgehead atoms. The van der Waals surface area contributed by atoms with Gasteiger partial charge in [0.2, 0.25) is 10.0 Å². The smallest absolute Gasteiger partial charge is 0.213 e. The van der Waals surface area contributed by atoms with Gasteiger partial charge in [0.25, 0.3) is 0 Å². The summed E-state index contributed by atoms with van der Waals surface area (Å²) in [5.74, 6) is -1.82. The SMILES string of the molecule is NS(=O)(=O)Cc1ccc(O)c(F)c1. The van der Waals surface area contributed by atoms with E-state index in [1.54, 1.807) is 0 Å². The van der Waals surface area contributed by atoms with Gasteiger partial charge >= 0.3 is 0 Å². The Morgan fingerprint density at radius 1 is 1.46 bits per heavy atom. The average Bonchev–Trinajstić information content (AvgIpc) is 1.94. The van der Waals surface area contributed by atoms with E-state index in [1.165, 1.54) is 6.07 Å². The molecular formula is C7H8FNO3S. The first-order valence-corrected chi connectivity index (χ1v) is 5.08. The first-order valence-electron chi connectivity index (χ1n) is 3.36. The average molecular weight is 205 g/mol. The van der Waals surface area contributed by atoms with Gasteiger partial charge in [-0.2, -0.15) is 0 Å². The van der Waals surface area contributed by atoms with Crippen molar-refractivity contribution < 1.29 is 17.9 Å². The molecular weight excluding hydrogens is 197 g/mol. The minimum atomic E-state index is -3.66. The van der Waals surface area contributed by atoms with Crippen molar-refractivity contribution in [3.8, 4) is 5.75 Å². The zero-order chi connectivity index (χ0) is 10.1. The van der Waals surface area contributed by atoms with Crippen LogP contribution in [0, 0.1) is 5.82 Å². The second-order valence-corrected chi connectivity index (χ2v) is 4.21. The standard InChI is InChI=1S/C7H8FNO3S/c8-6-3-5(1-2-7(6)10)4-13(9,11)12/h1-3,10H,4H2,(H2,9,11,12). The van der Waals surface area contributed by atoms with Crippen LogP contribution in [-0.2, 0) is 15.8 Å². The summed E-state index contributed by atoms with van der Waals surface area (Å²) in [6, 6.07) is 3.30. The highest BCUT2D eigenvalue weighted by molar-refractivity contribution is 7.88. The maximum Gasteiger partial charge on any atom is 0.213 e. The molecule has 0 atom stereocenters. The second kappa shape index (κ2) is 3.31. The zero-order valence-corrected chi connectivity index (χ0v) is 7.38. The number of primary sulfonamides is 1. The van der Waals surface area contributed by atoms with Crippen molar-refractivity contribution in [2.24, 2.45) is 5.14 Å². The molecule has 1 rings (SSSR count). The normalized spacial score (nSPS) is 11.5. The van der Waals surface area contributed by atoms with Crippen LogP contribution in [0.3, 0.4) is 0 Å². The Bertz CT molecular complexity index is 416. The fourth-order valence-electron chi connectivity index (χ4n) is 0.872. The summed E-state index contributed by atoms with van der Waals surface area (Å²) >= 11 is 0. The van der Waals surface area contributed by atoms with Gasteiger partial charge in [-0.15, -0.1) is 0 Å². The summed E-state index contributed by atoms with van der Waals surface area (Å²) in [4.78, 5) is 0. The van der Waals surface area contributed by atoms with Gasteiger partial charge in [-0.3, -0.25) is 0 Å². The summed E-state index contributed by atoms with van der Waals surface area (Å²) in [5.41, 5.74) is 0.206. The van der Waals surface area contributed by atoms with Gasteiger partial charge in [0.05, 0.1) is 5.75 Å². The Morgan fingerprint density at radius 3 is 2.54 bits per heavy atom. The van der Waals surface area contributed by atoms with Gasteiger partial charge < -0.3 is 5.11 Å². The highest BCUT2D eigenvalue weighted by Gasteiger charge is 2.07. The Balaban J connectivity index is 2.99. The molecule has 4 nitrogen and oxygen atoms in total. The lowest BCUT2D eigenvalue weighted by atomic mass is 10.2. The van der Waals surface area contributed by atoms with Crippen LogP contribution in [0.4, 0.5) is 4.39 Å². The van der Waals surface area contributed by atoms with Gasteiger partial charge in [0.15, 0.2) is 11.6 Å². The maximum atomic E-state index is 12.7. The fourth-order valence-corrected chi connectivity index (χ4v) is 1.52. The number of aromatic hydroxyl groups is 1. The molecule has 0 spiro atoms. The van der Waals surface area contributed by atoms with Crippen LogP contribution >= 0.6 is 0 Å². The summed E-state index contributed by atoms with van der Waals surface area (Å²) in [6.45, 7) is 0. The van der Waals surface area contributed by atoms with E-state index in [2.05, 4.69) is 0 Å². The molecule has 1 aromatic rings. The van der Waals surface area contributed by atoms with Gasteiger partial charge in [-0.05, 0) is 17.7 Å². The monoisotopic (exact) mass is 205 g/mol. The number of benzene rings is 1. The van der Waals surface area contributed by atoms with Gasteiger partial charge in [0.1, 0.15) is 0 Å². The third kappa shape index (κ3) is 3.00. The zero-order valence-electron chi connectivity index (χ0n) is 6.57. The Labute approximate surface area is 74.9 Å². The quantitative estimate of drug-likeness (QED) is 0.729. The lowest BCUT2D eigenvalue weighted by Gasteiger charge is -2.00. The van der Waals surface area contributed by atoms with Gasteiger partial charge in [-0.25, -0.2) is 17.9 Å². The number of nitrogens with two attached hydrogens (primary N) is 1. The number of hydrogen-bond acceptors (Lipinski definition) is 3. The largest absolute Gasteiger partial charge is 0.505 e. The molecule has 6 heteroatoms. The third-order valence-electron chi connectivity index (χ3n) is 1.38. The van der Waals surface area contributed by atoms with Crippen LogP contribution in [-0.4, -0.2) is 13.5 Å². The molecule has 0 amide bonds. The molecule has 13 heavy (non-hydrogen) atoms. The highest BCUT2D eigenvalue weighted by Crippen LogP contribution is 2.16. The molecule has 0 aliphatic heterocycles. The molecule has 0 aromatic heterocycles. The van der Waals surface area contributed by atoms with Crippen molar-refractivity contribution in [3.05, 3.63) is 29.6 Å². The molecule has 0 saturated heterocycles. The summed E-state index contributed by atoms with van der Waals surface area (Å²) < 4.78 is 33.8. The van der Waals surface area contributed by atoms with Crippen LogP contribution in [0.1, 0.15) is 5.56 Å². The molecule has 0 radical (unpaired) electrons. The van der Waals surface area contributed by atoms with Crippen LogP contribution in [0.25, 0.3) is 0 Å². The van der Waals surface area contributed by atoms with Crippen molar-refractivity contribution in [2.75, 3.05) is 0 Å². The Morgan fingerprint density at radius 2 is 2.08 bits per heavy atom. The van der Waals surface area contributed by atoms with E-state index >= 15 is 0 Å². The molecule has 0 saturated carbocycles. The second-order valence-electron chi connectivity index (χ2n) is 2.59. The molecule has 0 fully saturated rings. The predicted octanol–water partition coefficient (Wildman–Crippen LogP) is 0.320. The predicted molar refractivity (Wildman–Crippen MR) is 44.9 cm³/mol. The molecule has 1 aromatic carbocycles. The van der Waals surface area contributed by atoms with Gasteiger partial charge in [0, 0.05) is 0 Å². The van der Waals surface area contributed by atoms with E-state index in [0.29, 0.717) is 0 Å². The minimum Gasteiger partial charge on any atom is -0.505 e. The highest BCUT2D eigenvalue weighted by atomic mass is 32.2. The Kier molecular flexibility index (Phi) is 2.53. The van der Waals surface area contributed by atoms with Crippen LogP contribution in [0.15, 0.2) is 18.2 Å². The van der Waals surface area contributed by atoms with Crippen molar-refractivity contribution in [1.82, 2.24) is 0 Å². The summed E-state index contributed by atoms with van der Waals surface area (Å²) in [5, 5.41) is 13.5. The van der Waals surface area contributed by atoms with Crippen LogP contribution < -0.4 is 5.14 Å². The number of hydrogen-bond donors (Lipinski definition) is 2. The van der Waals surface area contributed by atoms with Gasteiger partial charge in [-0.1, -0.05) is 6.07 Å². The van der Waals surface area contributed by atoms with Crippen LogP contribution in [0.2, 0.25) is 0 Å². The molecule has 3 N–H and O–H groups in total. The Hall–Kier alpha value is -1.14. The maximum absolute atomic E-state index is 12.7. The van der Waals surface area contributed by atoms with Crippen molar-refractivity contribution in [2.45, 2.75) is 5.75 Å². The summed E-state index contributed by atoms with van der Waals surface area (Å²) in [7, 11) is -3.66. The van der Waals surface area contributed by atoms with E-state index in [-0.39, 0.29) is 5.56 Å². The molecule has 0 heterocycles. The number of halogens is 1. The molecule has 0 unspecified atom stereocenters. The van der Waals surface area contributed by atoms with E-state index in [1.807, 2.05) is 0 Å². The molecule has 0 aliphatic rings. The first-order chi connectivity index (χ1) is 5.88. The van der Waals surface area contributed by atoms with Crippen LogP contribution in [0.5, 0.6) is 5.75 Å². The minimum absolute atomic E-state index is 0.206. The van der Waals surface area contributed by atoms with Crippen molar-refractivity contribution in [1.29, 1.82) is 0 Å². The molecule has 72 valence electrons. The lowest BCUT2D eigenvalue weighted by molar-refractivity contribution is 0.432. The first kappa shape index (κ1) is 9.94. The number of rotatable bonds is 2. The van der Waals surface area contributed by atoms with E-state index in [9.17, 15) is 12.8 Å². The van der Waals surface area contributed by atoms with E-state index in [4.69, 9.17) is 10.2 Å². The number of phenolic OH excluding ortho intramolecular Hbond substituents is 1. The van der Waals surface area contributed by atoms with E-state index < -0.39 is 27.3 Å². The van der Waals surface area contributed by atoms with Crippen molar-refractivity contribution in [3.63, 3.8) is 0 Å². The summed E-state index contributed by atoms with van der Waals surface area (Å²) in [6.07, 6.45) is 0. The lowest BCUT2D eigenvalue weighted by Crippen LogP contribution is -2.14. The topological polar surface area (TPSA) is 80.4 Å². The fraction of sp³-hybridized carbons (Fsp3) is 0.143.